The fraction of sp³-hybridized carbons (Fsp3) is 0.346. The summed E-state index contributed by atoms with van der Waals surface area (Å²) in [6.45, 7) is 0.184. The van der Waals surface area contributed by atoms with E-state index in [1.165, 1.54) is 6.42 Å². The first-order chi connectivity index (χ1) is 16.6. The Morgan fingerprint density at radius 1 is 1.00 bits per heavy atom. The van der Waals surface area contributed by atoms with Gasteiger partial charge in [0.25, 0.3) is 0 Å². The first-order valence-corrected chi connectivity index (χ1v) is 12.2. The molecule has 1 fully saturated rings. The molecule has 0 bridgehead atoms. The zero-order valence-electron chi connectivity index (χ0n) is 18.5. The van der Waals surface area contributed by atoms with Crippen molar-refractivity contribution in [3.8, 4) is 17.4 Å². The third kappa shape index (κ3) is 2.79. The molecule has 2 aromatic carbocycles. The number of H-pyrrole nitrogens is 1. The number of fused-ring (bicyclic) bond motifs is 5. The molecular formula is C26H24ClN3O4. The van der Waals surface area contributed by atoms with Crippen LogP contribution in [0.5, 0.6) is 17.4 Å². The minimum atomic E-state index is -0.428. The summed E-state index contributed by atoms with van der Waals surface area (Å²) < 4.78 is 14.6. The van der Waals surface area contributed by atoms with E-state index in [2.05, 4.69) is 4.98 Å². The minimum absolute atomic E-state index is 0.0290. The highest BCUT2D eigenvalue weighted by molar-refractivity contribution is 6.31. The van der Waals surface area contributed by atoms with Gasteiger partial charge >= 0.3 is 5.69 Å². The molecule has 2 aromatic heterocycles. The Labute approximate surface area is 200 Å². The molecule has 1 unspecified atom stereocenters. The van der Waals surface area contributed by atoms with E-state index in [-0.39, 0.29) is 24.4 Å². The Kier molecular flexibility index (Phi) is 4.34. The Balaban J connectivity index is 1.49. The number of rotatable bonds is 2. The maximum atomic E-state index is 13.9. The summed E-state index contributed by atoms with van der Waals surface area (Å²) in [5.74, 6) is 1.44. The number of nitrogens with zero attached hydrogens (tertiary/aromatic N) is 2. The topological polar surface area (TPSA) is 81.4 Å². The Morgan fingerprint density at radius 2 is 1.82 bits per heavy atom. The van der Waals surface area contributed by atoms with Gasteiger partial charge in [-0.3, -0.25) is 9.13 Å². The molecular weight excluding hydrogens is 454 g/mol. The van der Waals surface area contributed by atoms with E-state index < -0.39 is 6.04 Å². The number of benzene rings is 2. The van der Waals surface area contributed by atoms with Gasteiger partial charge in [0, 0.05) is 34.1 Å². The monoisotopic (exact) mass is 477 g/mol. The molecule has 1 aliphatic carbocycles. The van der Waals surface area contributed by atoms with E-state index in [0.29, 0.717) is 28.6 Å². The summed E-state index contributed by atoms with van der Waals surface area (Å²) >= 11 is 6.34. The number of aromatic hydroxyl groups is 1. The molecule has 1 atom stereocenters. The van der Waals surface area contributed by atoms with Gasteiger partial charge < -0.3 is 19.6 Å². The lowest BCUT2D eigenvalue weighted by Crippen LogP contribution is -2.34. The van der Waals surface area contributed by atoms with Crippen molar-refractivity contribution in [1.82, 2.24) is 14.1 Å². The van der Waals surface area contributed by atoms with E-state index in [0.717, 1.165) is 53.4 Å². The number of halogens is 1. The van der Waals surface area contributed by atoms with E-state index in [1.54, 1.807) is 9.13 Å². The highest BCUT2D eigenvalue weighted by Crippen LogP contribution is 2.44. The predicted molar refractivity (Wildman–Crippen MR) is 128 cm³/mol. The van der Waals surface area contributed by atoms with Gasteiger partial charge in [-0.05, 0) is 54.3 Å². The number of nitrogens with one attached hydrogen (secondary N) is 1. The van der Waals surface area contributed by atoms with Crippen molar-refractivity contribution in [2.75, 3.05) is 6.79 Å². The summed E-state index contributed by atoms with van der Waals surface area (Å²) in [4.78, 5) is 17.5. The fourth-order valence-corrected chi connectivity index (χ4v) is 6.20. The van der Waals surface area contributed by atoms with E-state index in [1.807, 2.05) is 36.4 Å². The van der Waals surface area contributed by atoms with Crippen molar-refractivity contribution in [1.29, 1.82) is 0 Å². The van der Waals surface area contributed by atoms with E-state index in [9.17, 15) is 9.90 Å². The standard InChI is InChI=1S/C26H24ClN3O4/c27-15-7-8-19-17(11-15)18-12-20-25(31)29(16-4-2-1-3-5-16)26(32)30(20)24(23(18)28-19)14-6-9-21-22(10-14)34-13-33-21/h6-11,16,24,28,31H,1-5,12-13H2. The average molecular weight is 478 g/mol. The van der Waals surface area contributed by atoms with Gasteiger partial charge in [0.15, 0.2) is 11.5 Å². The smallest absolute Gasteiger partial charge is 0.332 e. The quantitative estimate of drug-likeness (QED) is 0.363. The third-order valence-electron chi connectivity index (χ3n) is 7.62. The zero-order chi connectivity index (χ0) is 23.0. The molecule has 34 heavy (non-hydrogen) atoms. The van der Waals surface area contributed by atoms with Crippen LogP contribution < -0.4 is 15.2 Å². The molecule has 8 heteroatoms. The second kappa shape index (κ2) is 7.34. The van der Waals surface area contributed by atoms with Crippen LogP contribution in [-0.2, 0) is 6.42 Å². The summed E-state index contributed by atoms with van der Waals surface area (Å²) in [7, 11) is 0. The average Bonchev–Trinajstić information content (AvgIpc) is 3.53. The van der Waals surface area contributed by atoms with Gasteiger partial charge in [-0.1, -0.05) is 36.9 Å². The van der Waals surface area contributed by atoms with Gasteiger partial charge in [0.05, 0.1) is 5.69 Å². The first-order valence-electron chi connectivity index (χ1n) is 11.8. The van der Waals surface area contributed by atoms with Crippen LogP contribution in [0.4, 0.5) is 0 Å². The predicted octanol–water partition coefficient (Wildman–Crippen LogP) is 5.27. The lowest BCUT2D eigenvalue weighted by molar-refractivity contribution is 0.174. The molecule has 7 nitrogen and oxygen atoms in total. The Morgan fingerprint density at radius 3 is 2.68 bits per heavy atom. The summed E-state index contributed by atoms with van der Waals surface area (Å²) in [6.07, 6.45) is 5.61. The molecule has 2 N–H and O–H groups in total. The summed E-state index contributed by atoms with van der Waals surface area (Å²) in [5.41, 5.74) is 4.32. The summed E-state index contributed by atoms with van der Waals surface area (Å²) in [5, 5.41) is 13.0. The Bertz CT molecular complexity index is 1510. The maximum absolute atomic E-state index is 13.9. The lowest BCUT2D eigenvalue weighted by Gasteiger charge is -2.26. The highest BCUT2D eigenvalue weighted by Gasteiger charge is 2.37. The largest absolute Gasteiger partial charge is 0.493 e. The van der Waals surface area contributed by atoms with Gasteiger partial charge in [0.1, 0.15) is 6.04 Å². The van der Waals surface area contributed by atoms with Crippen LogP contribution in [0.3, 0.4) is 0 Å². The SMILES string of the molecule is O=c1n(C2CCCCC2)c(O)c2n1C(c1ccc3c(c1)OCO3)c1[nH]c3ccc(Cl)cc3c1C2. The maximum Gasteiger partial charge on any atom is 0.332 e. The molecule has 2 aliphatic heterocycles. The van der Waals surface area contributed by atoms with Crippen molar-refractivity contribution in [2.45, 2.75) is 50.6 Å². The number of hydrogen-bond acceptors (Lipinski definition) is 4. The minimum Gasteiger partial charge on any atom is -0.493 e. The van der Waals surface area contributed by atoms with Crippen molar-refractivity contribution < 1.29 is 14.6 Å². The molecule has 1 saturated carbocycles. The molecule has 4 heterocycles. The van der Waals surface area contributed by atoms with Crippen LogP contribution in [0.25, 0.3) is 10.9 Å². The van der Waals surface area contributed by atoms with Gasteiger partial charge in [-0.2, -0.15) is 0 Å². The molecule has 3 aliphatic rings. The van der Waals surface area contributed by atoms with Gasteiger partial charge in [0.2, 0.25) is 12.7 Å². The molecule has 0 radical (unpaired) electrons. The van der Waals surface area contributed by atoms with Crippen LogP contribution in [0, 0.1) is 0 Å². The highest BCUT2D eigenvalue weighted by atomic mass is 35.5. The van der Waals surface area contributed by atoms with Crippen LogP contribution in [0.15, 0.2) is 41.2 Å². The molecule has 7 rings (SSSR count). The van der Waals surface area contributed by atoms with Crippen LogP contribution in [0.1, 0.15) is 66.7 Å². The zero-order valence-corrected chi connectivity index (χ0v) is 19.3. The third-order valence-corrected chi connectivity index (χ3v) is 7.85. The van der Waals surface area contributed by atoms with E-state index in [4.69, 9.17) is 21.1 Å². The lowest BCUT2D eigenvalue weighted by atomic mass is 9.92. The van der Waals surface area contributed by atoms with Crippen molar-refractivity contribution in [2.24, 2.45) is 0 Å². The number of imidazole rings is 1. The number of ether oxygens (including phenoxy) is 2. The van der Waals surface area contributed by atoms with Crippen LogP contribution in [-0.4, -0.2) is 26.0 Å². The number of aromatic nitrogens is 3. The van der Waals surface area contributed by atoms with Gasteiger partial charge in [-0.25, -0.2) is 4.79 Å². The van der Waals surface area contributed by atoms with E-state index >= 15 is 0 Å². The molecule has 174 valence electrons. The second-order valence-electron chi connectivity index (χ2n) is 9.48. The van der Waals surface area contributed by atoms with Gasteiger partial charge in [-0.15, -0.1) is 0 Å². The Hall–Kier alpha value is -3.32. The number of hydrogen-bond donors (Lipinski definition) is 2. The van der Waals surface area contributed by atoms with Crippen molar-refractivity contribution >= 4 is 22.5 Å². The molecule has 0 spiro atoms. The number of aromatic amines is 1. The van der Waals surface area contributed by atoms with Crippen molar-refractivity contribution in [3.05, 3.63) is 74.4 Å². The molecule has 0 amide bonds. The summed E-state index contributed by atoms with van der Waals surface area (Å²) in [6, 6.07) is 11.2. The first kappa shape index (κ1) is 20.1. The van der Waals surface area contributed by atoms with Crippen LogP contribution in [0.2, 0.25) is 5.02 Å². The molecule has 4 aromatic rings. The van der Waals surface area contributed by atoms with Crippen molar-refractivity contribution in [3.63, 3.8) is 0 Å². The normalized spacial score (nSPS) is 19.4. The van der Waals surface area contributed by atoms with Crippen LogP contribution >= 0.6 is 11.6 Å². The fourth-order valence-electron chi connectivity index (χ4n) is 6.03. The second-order valence-corrected chi connectivity index (χ2v) is 9.92. The molecule has 0 saturated heterocycles.